The highest BCUT2D eigenvalue weighted by Crippen LogP contribution is 2.30. The van der Waals surface area contributed by atoms with E-state index in [0.717, 1.165) is 24.2 Å². The van der Waals surface area contributed by atoms with Gasteiger partial charge in [0, 0.05) is 24.3 Å². The van der Waals surface area contributed by atoms with Crippen molar-refractivity contribution in [3.05, 3.63) is 29.3 Å². The van der Waals surface area contributed by atoms with Gasteiger partial charge in [0.1, 0.15) is 0 Å². The highest BCUT2D eigenvalue weighted by Gasteiger charge is 2.35. The Morgan fingerprint density at radius 1 is 1.30 bits per heavy atom. The van der Waals surface area contributed by atoms with Crippen LogP contribution in [0.3, 0.4) is 0 Å². The van der Waals surface area contributed by atoms with Gasteiger partial charge in [0.05, 0.1) is 5.56 Å². The number of aryl methyl sites for hydroxylation is 1. The maximum atomic E-state index is 11.4. The second-order valence-corrected chi connectivity index (χ2v) is 5.99. The number of nitrogens with one attached hydrogen (secondary N) is 1. The molecule has 20 heavy (non-hydrogen) atoms. The largest absolute Gasteiger partial charge is 0.478 e. The topological polar surface area (TPSA) is 52.6 Å². The summed E-state index contributed by atoms with van der Waals surface area (Å²) in [5.74, 6) is -0.852. The first-order chi connectivity index (χ1) is 9.65. The van der Waals surface area contributed by atoms with Gasteiger partial charge in [0.25, 0.3) is 0 Å². The van der Waals surface area contributed by atoms with Gasteiger partial charge in [-0.3, -0.25) is 4.90 Å². The summed E-state index contributed by atoms with van der Waals surface area (Å²) in [6.07, 6.45) is 4.93. The molecule has 4 nitrogen and oxygen atoms in total. The molecule has 2 saturated heterocycles. The lowest BCUT2D eigenvalue weighted by Gasteiger charge is -2.33. The third-order valence-electron chi connectivity index (χ3n) is 4.60. The van der Waals surface area contributed by atoms with E-state index in [1.54, 1.807) is 6.07 Å². The van der Waals surface area contributed by atoms with Gasteiger partial charge in [-0.15, -0.1) is 0 Å². The predicted octanol–water partition coefficient (Wildman–Crippen LogP) is 2.73. The lowest BCUT2D eigenvalue weighted by atomic mass is 9.98. The lowest BCUT2D eigenvalue weighted by Crippen LogP contribution is -2.41. The highest BCUT2D eigenvalue weighted by atomic mass is 16.4. The van der Waals surface area contributed by atoms with E-state index in [9.17, 15) is 9.90 Å². The molecule has 0 radical (unpaired) electrons. The summed E-state index contributed by atoms with van der Waals surface area (Å²) < 4.78 is 0. The van der Waals surface area contributed by atoms with Gasteiger partial charge < -0.3 is 10.4 Å². The fourth-order valence-electron chi connectivity index (χ4n) is 3.58. The fraction of sp³-hybridized carbons (Fsp3) is 0.562. The summed E-state index contributed by atoms with van der Waals surface area (Å²) in [7, 11) is 0. The molecule has 2 heterocycles. The van der Waals surface area contributed by atoms with Gasteiger partial charge in [-0.25, -0.2) is 4.79 Å². The molecule has 3 rings (SSSR count). The summed E-state index contributed by atoms with van der Waals surface area (Å²) >= 11 is 0. The zero-order valence-electron chi connectivity index (χ0n) is 11.9. The van der Waals surface area contributed by atoms with Crippen LogP contribution in [0.1, 0.15) is 41.6 Å². The van der Waals surface area contributed by atoms with Crippen LogP contribution in [0.5, 0.6) is 0 Å². The molecule has 2 fully saturated rings. The molecule has 1 aromatic rings. The molecular weight excluding hydrogens is 252 g/mol. The molecule has 0 saturated carbocycles. The smallest absolute Gasteiger partial charge is 0.337 e. The molecule has 0 amide bonds. The monoisotopic (exact) mass is 274 g/mol. The normalized spacial score (nSPS) is 26.2. The van der Waals surface area contributed by atoms with Crippen molar-refractivity contribution >= 4 is 11.7 Å². The Morgan fingerprint density at radius 2 is 2.15 bits per heavy atom. The van der Waals surface area contributed by atoms with Crippen molar-refractivity contribution in [2.24, 2.45) is 0 Å². The number of carbonyl (C=O) groups is 1. The first-order valence-electron chi connectivity index (χ1n) is 7.49. The number of anilines is 1. The van der Waals surface area contributed by atoms with E-state index < -0.39 is 5.97 Å². The first kappa shape index (κ1) is 13.4. The number of benzene rings is 1. The van der Waals surface area contributed by atoms with Crippen LogP contribution < -0.4 is 5.32 Å². The molecule has 2 atom stereocenters. The van der Waals surface area contributed by atoms with Gasteiger partial charge in [-0.05, 0) is 44.9 Å². The Morgan fingerprint density at radius 3 is 2.95 bits per heavy atom. The number of fused-ring (bicyclic) bond motifs is 1. The van der Waals surface area contributed by atoms with Crippen LogP contribution in [-0.4, -0.2) is 41.1 Å². The summed E-state index contributed by atoms with van der Waals surface area (Å²) in [6, 6.07) is 6.59. The molecule has 0 aliphatic carbocycles. The number of carboxylic acid groups (broad SMARTS) is 1. The number of carboxylic acids is 1. The Hall–Kier alpha value is -1.55. The van der Waals surface area contributed by atoms with Crippen LogP contribution in [0.25, 0.3) is 0 Å². The minimum absolute atomic E-state index is 0.385. The number of hydrogen-bond acceptors (Lipinski definition) is 3. The van der Waals surface area contributed by atoms with Crippen molar-refractivity contribution in [2.75, 3.05) is 18.4 Å². The molecule has 2 unspecified atom stereocenters. The predicted molar refractivity (Wildman–Crippen MR) is 79.4 cm³/mol. The third kappa shape index (κ3) is 2.52. The summed E-state index contributed by atoms with van der Waals surface area (Å²) in [5, 5.41) is 12.8. The fourth-order valence-corrected chi connectivity index (χ4v) is 3.58. The minimum atomic E-state index is -0.852. The zero-order valence-corrected chi connectivity index (χ0v) is 11.9. The summed E-state index contributed by atoms with van der Waals surface area (Å²) in [4.78, 5) is 13.9. The van der Waals surface area contributed by atoms with E-state index in [1.807, 2.05) is 19.1 Å². The average Bonchev–Trinajstić information content (AvgIpc) is 2.84. The zero-order chi connectivity index (χ0) is 14.1. The van der Waals surface area contributed by atoms with E-state index in [1.165, 1.54) is 25.8 Å². The molecule has 4 heteroatoms. The van der Waals surface area contributed by atoms with Crippen LogP contribution in [0.4, 0.5) is 5.69 Å². The standard InChI is InChI=1S/C16H22N2O2/c1-11-5-6-13(12(10-11)16(19)20)17-14-7-9-18-8-3-2-4-15(14)18/h5-6,10,14-15,17H,2-4,7-9H2,1H3,(H,19,20). The highest BCUT2D eigenvalue weighted by molar-refractivity contribution is 5.94. The number of hydrogen-bond donors (Lipinski definition) is 2. The molecule has 0 bridgehead atoms. The van der Waals surface area contributed by atoms with E-state index in [-0.39, 0.29) is 0 Å². The van der Waals surface area contributed by atoms with Crippen LogP contribution in [0.2, 0.25) is 0 Å². The van der Waals surface area contributed by atoms with Crippen LogP contribution >= 0.6 is 0 Å². The lowest BCUT2D eigenvalue weighted by molar-refractivity contribution is 0.0697. The number of piperidine rings is 1. The van der Waals surface area contributed by atoms with Gasteiger partial charge in [0.2, 0.25) is 0 Å². The number of nitrogens with zero attached hydrogens (tertiary/aromatic N) is 1. The Balaban J connectivity index is 1.79. The van der Waals surface area contributed by atoms with Gasteiger partial charge in [-0.2, -0.15) is 0 Å². The SMILES string of the molecule is Cc1ccc(NC2CCN3CCCCC23)c(C(=O)O)c1. The second kappa shape index (κ2) is 5.44. The molecule has 0 spiro atoms. The molecule has 2 aliphatic rings. The van der Waals surface area contributed by atoms with Crippen LogP contribution in [0.15, 0.2) is 18.2 Å². The quantitative estimate of drug-likeness (QED) is 0.890. The van der Waals surface area contributed by atoms with Gasteiger partial charge in [-0.1, -0.05) is 18.1 Å². The van der Waals surface area contributed by atoms with Crippen molar-refractivity contribution in [3.8, 4) is 0 Å². The molecule has 0 aromatic heterocycles. The van der Waals surface area contributed by atoms with E-state index in [2.05, 4.69) is 10.2 Å². The maximum Gasteiger partial charge on any atom is 0.337 e. The van der Waals surface area contributed by atoms with Crippen molar-refractivity contribution in [2.45, 2.75) is 44.7 Å². The molecule has 108 valence electrons. The first-order valence-corrected chi connectivity index (χ1v) is 7.49. The van der Waals surface area contributed by atoms with Crippen LogP contribution in [0, 0.1) is 6.92 Å². The number of aromatic carboxylic acids is 1. The van der Waals surface area contributed by atoms with Crippen LogP contribution in [-0.2, 0) is 0 Å². The molecule has 2 aliphatic heterocycles. The summed E-state index contributed by atoms with van der Waals surface area (Å²) in [6.45, 7) is 4.26. The summed E-state index contributed by atoms with van der Waals surface area (Å²) in [5.41, 5.74) is 2.14. The van der Waals surface area contributed by atoms with E-state index in [4.69, 9.17) is 0 Å². The number of rotatable bonds is 3. The van der Waals surface area contributed by atoms with E-state index >= 15 is 0 Å². The van der Waals surface area contributed by atoms with E-state index in [0.29, 0.717) is 17.6 Å². The maximum absolute atomic E-state index is 11.4. The second-order valence-electron chi connectivity index (χ2n) is 5.99. The van der Waals surface area contributed by atoms with Crippen molar-refractivity contribution in [3.63, 3.8) is 0 Å². The van der Waals surface area contributed by atoms with Gasteiger partial charge in [0.15, 0.2) is 0 Å². The Labute approximate surface area is 119 Å². The minimum Gasteiger partial charge on any atom is -0.478 e. The molecule has 2 N–H and O–H groups in total. The third-order valence-corrected chi connectivity index (χ3v) is 4.60. The Kier molecular flexibility index (Phi) is 3.66. The molecular formula is C16H22N2O2. The Bertz CT molecular complexity index is 515. The molecule has 1 aromatic carbocycles. The van der Waals surface area contributed by atoms with Crippen molar-refractivity contribution in [1.29, 1.82) is 0 Å². The average molecular weight is 274 g/mol. The van der Waals surface area contributed by atoms with Crippen molar-refractivity contribution < 1.29 is 9.90 Å². The van der Waals surface area contributed by atoms with Gasteiger partial charge >= 0.3 is 5.97 Å². The van der Waals surface area contributed by atoms with Crippen molar-refractivity contribution in [1.82, 2.24) is 4.90 Å².